The summed E-state index contributed by atoms with van der Waals surface area (Å²) in [6.45, 7) is 5.26. The van der Waals surface area contributed by atoms with Crippen molar-refractivity contribution in [1.82, 2.24) is 0 Å². The van der Waals surface area contributed by atoms with Crippen LogP contribution in [0.25, 0.3) is 33.4 Å². The standard InChI is InChI=1S/C20H8Br4F3O3P.C2H6/c1-4-9(14(26)20(31)15(27)13(4)25)10-5-2-7(21)16(28)11(23)18(5)30-19-6(10)3-8(22)17(29)12(19)24;1-2/h2-3,28H,31H2,1H3;1-2H3. The van der Waals surface area contributed by atoms with Gasteiger partial charge in [0.05, 0.1) is 8.95 Å². The molecular weight excluding hydrogens is 720 g/mol. The van der Waals surface area contributed by atoms with E-state index in [2.05, 4.69) is 63.7 Å². The molecule has 174 valence electrons. The summed E-state index contributed by atoms with van der Waals surface area (Å²) < 4.78 is 50.7. The van der Waals surface area contributed by atoms with Crippen molar-refractivity contribution in [2.75, 3.05) is 0 Å². The molecule has 1 N–H and O–H groups in total. The lowest BCUT2D eigenvalue weighted by molar-refractivity contribution is 0.467. The van der Waals surface area contributed by atoms with Gasteiger partial charge in [-0.1, -0.05) is 23.1 Å². The zero-order valence-corrected chi connectivity index (χ0v) is 24.6. The summed E-state index contributed by atoms with van der Waals surface area (Å²) in [7, 11) is 1.87. The van der Waals surface area contributed by atoms with E-state index >= 15 is 4.39 Å². The highest BCUT2D eigenvalue weighted by molar-refractivity contribution is 9.11. The Morgan fingerprint density at radius 2 is 1.52 bits per heavy atom. The molecule has 0 fully saturated rings. The van der Waals surface area contributed by atoms with E-state index < -0.39 is 28.2 Å². The van der Waals surface area contributed by atoms with Gasteiger partial charge in [-0.2, -0.15) is 0 Å². The Labute approximate surface area is 222 Å². The van der Waals surface area contributed by atoms with Crippen LogP contribution >= 0.6 is 73.0 Å². The fraction of sp³-hybridized carbons (Fsp3) is 0.136. The number of fused-ring (bicyclic) bond motifs is 2. The highest BCUT2D eigenvalue weighted by Crippen LogP contribution is 2.49. The number of halogens is 7. The number of aromatic hydroxyl groups is 1. The van der Waals surface area contributed by atoms with Crippen molar-refractivity contribution in [3.63, 3.8) is 0 Å². The normalized spacial score (nSPS) is 11.1. The van der Waals surface area contributed by atoms with Gasteiger partial charge in [-0.25, -0.2) is 13.2 Å². The zero-order valence-electron chi connectivity index (χ0n) is 17.1. The molecule has 0 spiro atoms. The second-order valence-corrected chi connectivity index (χ2v) is 10.5. The van der Waals surface area contributed by atoms with Crippen LogP contribution in [0.2, 0.25) is 0 Å². The lowest BCUT2D eigenvalue weighted by atomic mass is 9.90. The molecule has 0 aromatic heterocycles. The van der Waals surface area contributed by atoms with Crippen molar-refractivity contribution in [3.05, 3.63) is 63.3 Å². The molecule has 2 aromatic carbocycles. The molecule has 2 aromatic rings. The van der Waals surface area contributed by atoms with E-state index in [9.17, 15) is 18.7 Å². The smallest absolute Gasteiger partial charge is 0.210 e. The molecule has 3 nitrogen and oxygen atoms in total. The van der Waals surface area contributed by atoms with Crippen molar-refractivity contribution in [1.29, 1.82) is 0 Å². The molecule has 4 rings (SSSR count). The van der Waals surface area contributed by atoms with Crippen LogP contribution in [0.3, 0.4) is 0 Å². The third-order valence-corrected chi connectivity index (χ3v) is 8.02. The maximum absolute atomic E-state index is 15.4. The number of hydrogen-bond donors (Lipinski definition) is 1. The lowest BCUT2D eigenvalue weighted by Gasteiger charge is -2.21. The van der Waals surface area contributed by atoms with E-state index in [0.717, 1.165) is 0 Å². The quantitative estimate of drug-likeness (QED) is 0.121. The Bertz CT molecular complexity index is 1440. The molecule has 0 bridgehead atoms. The predicted octanol–water partition coefficient (Wildman–Crippen LogP) is 8.57. The van der Waals surface area contributed by atoms with Crippen molar-refractivity contribution < 1.29 is 22.7 Å². The van der Waals surface area contributed by atoms with Gasteiger partial charge in [-0.15, -0.1) is 0 Å². The van der Waals surface area contributed by atoms with Crippen LogP contribution in [0.4, 0.5) is 13.2 Å². The van der Waals surface area contributed by atoms with Gasteiger partial charge in [-0.05, 0) is 88.3 Å². The first kappa shape index (κ1) is 26.7. The van der Waals surface area contributed by atoms with Crippen LogP contribution in [-0.4, -0.2) is 5.11 Å². The molecule has 0 saturated carbocycles. The molecule has 1 heterocycles. The van der Waals surface area contributed by atoms with Crippen molar-refractivity contribution in [2.24, 2.45) is 0 Å². The van der Waals surface area contributed by atoms with Crippen LogP contribution < -0.4 is 10.7 Å². The number of benzene rings is 3. The van der Waals surface area contributed by atoms with Gasteiger partial charge in [0.2, 0.25) is 5.43 Å². The minimum atomic E-state index is -1.30. The highest BCUT2D eigenvalue weighted by atomic mass is 79.9. The van der Waals surface area contributed by atoms with Crippen LogP contribution in [0.15, 0.2) is 39.2 Å². The summed E-state index contributed by atoms with van der Waals surface area (Å²) in [5.74, 6) is -3.62. The van der Waals surface area contributed by atoms with Gasteiger partial charge >= 0.3 is 0 Å². The van der Waals surface area contributed by atoms with Crippen molar-refractivity contribution in [2.45, 2.75) is 20.8 Å². The minimum Gasteiger partial charge on any atom is -0.505 e. The topological polar surface area (TPSA) is 50.4 Å². The first-order chi connectivity index (χ1) is 15.5. The number of phenolic OH excluding ortho intramolecular Hbond substituents is 1. The Kier molecular flexibility index (Phi) is 8.06. The Morgan fingerprint density at radius 1 is 0.909 bits per heavy atom. The Morgan fingerprint density at radius 3 is 2.12 bits per heavy atom. The number of hydrogen-bond acceptors (Lipinski definition) is 3. The van der Waals surface area contributed by atoms with Gasteiger partial charge in [0.25, 0.3) is 0 Å². The molecule has 11 heteroatoms. The average molecular weight is 734 g/mol. The lowest BCUT2D eigenvalue weighted by Crippen LogP contribution is -2.14. The van der Waals surface area contributed by atoms with E-state index in [-0.39, 0.29) is 57.2 Å². The maximum Gasteiger partial charge on any atom is 0.210 e. The molecule has 0 radical (unpaired) electrons. The molecule has 2 aliphatic rings. The third kappa shape index (κ3) is 4.20. The maximum atomic E-state index is 15.4. The van der Waals surface area contributed by atoms with Gasteiger partial charge < -0.3 is 9.52 Å². The molecule has 1 aliphatic carbocycles. The molecule has 1 unspecified atom stereocenters. The summed E-state index contributed by atoms with van der Waals surface area (Å²) in [6, 6.07) is 2.90. The van der Waals surface area contributed by atoms with E-state index in [1.807, 2.05) is 23.1 Å². The SMILES string of the molecule is CC.Cc1c(F)c(F)c(P)c(F)c1-c1c2cc(Br)c(=O)c(Br)c-2oc2c(Br)c(O)c(Br)cc12. The largest absolute Gasteiger partial charge is 0.505 e. The van der Waals surface area contributed by atoms with E-state index in [4.69, 9.17) is 4.42 Å². The molecule has 1 aliphatic heterocycles. The summed E-state index contributed by atoms with van der Waals surface area (Å²) in [4.78, 5) is 12.4. The van der Waals surface area contributed by atoms with E-state index in [1.165, 1.54) is 19.1 Å². The fourth-order valence-corrected chi connectivity index (χ4v) is 6.02. The van der Waals surface area contributed by atoms with Crippen molar-refractivity contribution >= 4 is 89.2 Å². The van der Waals surface area contributed by atoms with Gasteiger partial charge in [0, 0.05) is 27.4 Å². The molecule has 0 saturated heterocycles. The summed E-state index contributed by atoms with van der Waals surface area (Å²) in [5, 5.41) is 10.0. The number of rotatable bonds is 1. The molecular formula is C22H14Br4F3O3P. The van der Waals surface area contributed by atoms with Crippen LogP contribution in [0, 0.1) is 24.4 Å². The predicted molar refractivity (Wildman–Crippen MR) is 142 cm³/mol. The highest BCUT2D eigenvalue weighted by Gasteiger charge is 2.30. The van der Waals surface area contributed by atoms with Crippen LogP contribution in [0.5, 0.6) is 5.75 Å². The Balaban J connectivity index is 0.00000149. The average Bonchev–Trinajstić information content (AvgIpc) is 2.80. The zero-order chi connectivity index (χ0) is 24.9. The first-order valence-electron chi connectivity index (χ1n) is 9.35. The van der Waals surface area contributed by atoms with Gasteiger partial charge in [-0.3, -0.25) is 4.79 Å². The molecule has 0 amide bonds. The third-order valence-electron chi connectivity index (χ3n) is 4.86. The van der Waals surface area contributed by atoms with E-state index in [1.54, 1.807) is 0 Å². The first-order valence-corrected chi connectivity index (χ1v) is 13.1. The summed E-state index contributed by atoms with van der Waals surface area (Å²) in [5.41, 5.74) is -0.359. The van der Waals surface area contributed by atoms with Gasteiger partial charge in [0.15, 0.2) is 23.0 Å². The molecule has 1 atom stereocenters. The van der Waals surface area contributed by atoms with Crippen LogP contribution in [-0.2, 0) is 0 Å². The Hall–Kier alpha value is -0.930. The molecule has 33 heavy (non-hydrogen) atoms. The second kappa shape index (κ2) is 9.97. The summed E-state index contributed by atoms with van der Waals surface area (Å²) in [6.07, 6.45) is 0. The number of phenols is 1. The van der Waals surface area contributed by atoms with Crippen LogP contribution in [0.1, 0.15) is 19.4 Å². The summed E-state index contributed by atoms with van der Waals surface area (Å²) >= 11 is 12.9. The van der Waals surface area contributed by atoms with Gasteiger partial charge in [0.1, 0.15) is 20.5 Å². The monoisotopic (exact) mass is 730 g/mol. The van der Waals surface area contributed by atoms with E-state index in [0.29, 0.717) is 5.39 Å². The fourth-order valence-electron chi connectivity index (χ4n) is 3.35. The van der Waals surface area contributed by atoms with Crippen molar-refractivity contribution in [3.8, 4) is 28.2 Å². The second-order valence-electron chi connectivity index (χ2n) is 6.61. The minimum absolute atomic E-state index is 0.0427.